The van der Waals surface area contributed by atoms with Crippen molar-refractivity contribution in [1.82, 2.24) is 19.6 Å². The Morgan fingerprint density at radius 2 is 1.69 bits per heavy atom. The molecule has 166 valence electrons. The number of urea groups is 1. The third-order valence-corrected chi connectivity index (χ3v) is 5.49. The Balaban J connectivity index is 1.29. The molecular weight excluding hydrogens is 411 g/mol. The van der Waals surface area contributed by atoms with Crippen LogP contribution in [0.5, 0.6) is 0 Å². The molecule has 1 atom stereocenters. The van der Waals surface area contributed by atoms with E-state index in [1.165, 1.54) is 12.1 Å². The first-order valence-corrected chi connectivity index (χ1v) is 10.5. The quantitative estimate of drug-likeness (QED) is 0.644. The van der Waals surface area contributed by atoms with E-state index < -0.39 is 11.9 Å². The summed E-state index contributed by atoms with van der Waals surface area (Å²) in [7, 11) is 0. The van der Waals surface area contributed by atoms with Crippen LogP contribution in [0.25, 0.3) is 5.69 Å². The SMILES string of the molecule is CC(C(=O)Nc1cccc(F)c1)N1CCN(C(=O)Nc2cccc(-n3cccn3)c2)CC1. The van der Waals surface area contributed by atoms with E-state index in [0.717, 1.165) is 5.69 Å². The van der Waals surface area contributed by atoms with Gasteiger partial charge in [0.1, 0.15) is 5.82 Å². The van der Waals surface area contributed by atoms with E-state index in [1.807, 2.05) is 48.4 Å². The number of hydrogen-bond donors (Lipinski definition) is 2. The smallest absolute Gasteiger partial charge is 0.321 e. The Morgan fingerprint density at radius 1 is 0.969 bits per heavy atom. The summed E-state index contributed by atoms with van der Waals surface area (Å²) in [6.45, 7) is 3.95. The summed E-state index contributed by atoms with van der Waals surface area (Å²) in [6, 6.07) is 14.6. The average molecular weight is 436 g/mol. The first-order chi connectivity index (χ1) is 15.5. The van der Waals surface area contributed by atoms with Crippen LogP contribution in [0, 0.1) is 5.82 Å². The van der Waals surface area contributed by atoms with Crippen molar-refractivity contribution in [2.24, 2.45) is 0 Å². The molecule has 0 saturated carbocycles. The van der Waals surface area contributed by atoms with Crippen LogP contribution < -0.4 is 10.6 Å². The molecule has 1 aliphatic heterocycles. The second-order valence-electron chi connectivity index (χ2n) is 7.63. The summed E-state index contributed by atoms with van der Waals surface area (Å²) < 4.78 is 15.1. The van der Waals surface area contributed by atoms with E-state index in [4.69, 9.17) is 0 Å². The number of benzene rings is 2. The van der Waals surface area contributed by atoms with Crippen molar-refractivity contribution in [2.75, 3.05) is 36.8 Å². The molecule has 3 aromatic rings. The van der Waals surface area contributed by atoms with Crippen LogP contribution in [0.2, 0.25) is 0 Å². The van der Waals surface area contributed by atoms with Crippen LogP contribution in [0.3, 0.4) is 0 Å². The number of anilines is 2. The molecule has 8 nitrogen and oxygen atoms in total. The summed E-state index contributed by atoms with van der Waals surface area (Å²) in [5, 5.41) is 9.88. The summed E-state index contributed by atoms with van der Waals surface area (Å²) in [5.74, 6) is -0.603. The highest BCUT2D eigenvalue weighted by Gasteiger charge is 2.27. The number of piperazine rings is 1. The van der Waals surface area contributed by atoms with E-state index >= 15 is 0 Å². The number of halogens is 1. The molecule has 1 saturated heterocycles. The van der Waals surface area contributed by atoms with Crippen LogP contribution in [0.4, 0.5) is 20.6 Å². The van der Waals surface area contributed by atoms with Crippen LogP contribution in [-0.2, 0) is 4.79 Å². The highest BCUT2D eigenvalue weighted by Crippen LogP contribution is 2.16. The lowest BCUT2D eigenvalue weighted by molar-refractivity contribution is -0.121. The van der Waals surface area contributed by atoms with Crippen LogP contribution in [0.15, 0.2) is 67.0 Å². The number of carbonyl (C=O) groups excluding carboxylic acids is 2. The molecule has 1 aliphatic rings. The van der Waals surface area contributed by atoms with E-state index in [-0.39, 0.29) is 11.9 Å². The standard InChI is InChI=1S/C23H25FN6O2/c1-17(22(31)26-19-6-2-5-18(24)15-19)28-11-13-29(14-12-28)23(32)27-20-7-3-8-21(16-20)30-10-4-9-25-30/h2-10,15-17H,11-14H2,1H3,(H,26,31)(H,27,32). The average Bonchev–Trinajstić information content (AvgIpc) is 3.34. The fourth-order valence-corrected chi connectivity index (χ4v) is 3.64. The number of nitrogens with one attached hydrogen (secondary N) is 2. The molecule has 0 bridgehead atoms. The lowest BCUT2D eigenvalue weighted by Crippen LogP contribution is -2.54. The van der Waals surface area contributed by atoms with Crippen LogP contribution in [0.1, 0.15) is 6.92 Å². The van der Waals surface area contributed by atoms with Crippen molar-refractivity contribution in [3.63, 3.8) is 0 Å². The first-order valence-electron chi connectivity index (χ1n) is 10.5. The number of aromatic nitrogens is 2. The normalized spacial score (nSPS) is 15.2. The van der Waals surface area contributed by atoms with Gasteiger partial charge in [0.25, 0.3) is 0 Å². The van der Waals surface area contributed by atoms with Gasteiger partial charge >= 0.3 is 6.03 Å². The van der Waals surface area contributed by atoms with Crippen LogP contribution >= 0.6 is 0 Å². The second kappa shape index (κ2) is 9.61. The summed E-state index contributed by atoms with van der Waals surface area (Å²) in [4.78, 5) is 29.0. The molecule has 4 rings (SSSR count). The maximum Gasteiger partial charge on any atom is 0.321 e. The highest BCUT2D eigenvalue weighted by molar-refractivity contribution is 5.94. The lowest BCUT2D eigenvalue weighted by atomic mass is 10.2. The van der Waals surface area contributed by atoms with Gasteiger partial charge in [-0.15, -0.1) is 0 Å². The number of carbonyl (C=O) groups is 2. The third kappa shape index (κ3) is 5.12. The van der Waals surface area contributed by atoms with E-state index in [2.05, 4.69) is 15.7 Å². The minimum atomic E-state index is -0.398. The van der Waals surface area contributed by atoms with Gasteiger partial charge in [-0.25, -0.2) is 13.9 Å². The van der Waals surface area contributed by atoms with Crippen molar-refractivity contribution in [3.8, 4) is 5.69 Å². The molecule has 0 aliphatic carbocycles. The first kappa shape index (κ1) is 21.5. The molecule has 2 N–H and O–H groups in total. The summed E-state index contributed by atoms with van der Waals surface area (Å²) in [5.41, 5.74) is 1.97. The van der Waals surface area contributed by atoms with E-state index in [9.17, 15) is 14.0 Å². The third-order valence-electron chi connectivity index (χ3n) is 5.49. The highest BCUT2D eigenvalue weighted by atomic mass is 19.1. The number of rotatable bonds is 5. The van der Waals surface area contributed by atoms with Crippen molar-refractivity contribution < 1.29 is 14.0 Å². The maximum atomic E-state index is 13.3. The van der Waals surface area contributed by atoms with Gasteiger partial charge in [0, 0.05) is 49.9 Å². The molecule has 1 fully saturated rings. The van der Waals surface area contributed by atoms with Crippen molar-refractivity contribution in [2.45, 2.75) is 13.0 Å². The second-order valence-corrected chi connectivity index (χ2v) is 7.63. The topological polar surface area (TPSA) is 82.5 Å². The molecule has 32 heavy (non-hydrogen) atoms. The van der Waals surface area contributed by atoms with Gasteiger partial charge in [-0.3, -0.25) is 9.69 Å². The fourth-order valence-electron chi connectivity index (χ4n) is 3.64. The molecule has 2 heterocycles. The molecule has 3 amide bonds. The Hall–Kier alpha value is -3.72. The number of hydrogen-bond acceptors (Lipinski definition) is 4. The van der Waals surface area contributed by atoms with Crippen molar-refractivity contribution in [1.29, 1.82) is 0 Å². The van der Waals surface area contributed by atoms with Gasteiger partial charge in [0.2, 0.25) is 5.91 Å². The molecule has 0 spiro atoms. The van der Waals surface area contributed by atoms with Gasteiger partial charge in [-0.1, -0.05) is 12.1 Å². The van der Waals surface area contributed by atoms with Gasteiger partial charge in [0.15, 0.2) is 0 Å². The van der Waals surface area contributed by atoms with Gasteiger partial charge in [-0.2, -0.15) is 5.10 Å². The predicted octanol–water partition coefficient (Wildman–Crippen LogP) is 3.19. The zero-order valence-corrected chi connectivity index (χ0v) is 17.7. The Bertz CT molecular complexity index is 1080. The van der Waals surface area contributed by atoms with Gasteiger partial charge in [0.05, 0.1) is 11.7 Å². The van der Waals surface area contributed by atoms with Crippen molar-refractivity contribution >= 4 is 23.3 Å². The van der Waals surface area contributed by atoms with Gasteiger partial charge < -0.3 is 15.5 Å². The number of nitrogens with zero attached hydrogens (tertiary/aromatic N) is 4. The zero-order chi connectivity index (χ0) is 22.5. The monoisotopic (exact) mass is 436 g/mol. The van der Waals surface area contributed by atoms with Gasteiger partial charge in [-0.05, 0) is 49.4 Å². The molecule has 2 aromatic carbocycles. The molecule has 9 heteroatoms. The molecular formula is C23H25FN6O2. The number of amides is 3. The van der Waals surface area contributed by atoms with E-state index in [0.29, 0.717) is 37.6 Å². The Kier molecular flexibility index (Phi) is 6.46. The largest absolute Gasteiger partial charge is 0.325 e. The van der Waals surface area contributed by atoms with Crippen LogP contribution in [-0.4, -0.2) is 63.7 Å². The molecule has 0 radical (unpaired) electrons. The Morgan fingerprint density at radius 3 is 2.38 bits per heavy atom. The fraction of sp³-hybridized carbons (Fsp3) is 0.261. The van der Waals surface area contributed by atoms with Crippen molar-refractivity contribution in [3.05, 3.63) is 72.8 Å². The summed E-state index contributed by atoms with van der Waals surface area (Å²) >= 11 is 0. The molecule has 1 unspecified atom stereocenters. The van der Waals surface area contributed by atoms with E-state index in [1.54, 1.807) is 27.9 Å². The summed E-state index contributed by atoms with van der Waals surface area (Å²) in [6.07, 6.45) is 3.54. The molecule has 1 aromatic heterocycles. The minimum absolute atomic E-state index is 0.181. The minimum Gasteiger partial charge on any atom is -0.325 e. The lowest BCUT2D eigenvalue weighted by Gasteiger charge is -2.37. The Labute approximate surface area is 185 Å². The predicted molar refractivity (Wildman–Crippen MR) is 120 cm³/mol. The maximum absolute atomic E-state index is 13.3. The zero-order valence-electron chi connectivity index (χ0n) is 17.7.